The van der Waals surface area contributed by atoms with E-state index < -0.39 is 58.6 Å². The second-order valence-electron chi connectivity index (χ2n) is 11.8. The fourth-order valence-electron chi connectivity index (χ4n) is 5.60. The Balaban J connectivity index is 1.29. The second-order valence-corrected chi connectivity index (χ2v) is 11.8. The highest BCUT2D eigenvalue weighted by atomic mass is 19.4. The third kappa shape index (κ3) is 9.22. The fraction of sp³-hybridized carbons (Fsp3) is 0.231. The summed E-state index contributed by atoms with van der Waals surface area (Å²) in [7, 11) is 0. The van der Waals surface area contributed by atoms with Crippen molar-refractivity contribution in [3.05, 3.63) is 131 Å². The maximum atomic E-state index is 15.1. The highest BCUT2D eigenvalue weighted by molar-refractivity contribution is 5.72. The smallest absolute Gasteiger partial charge is 0.429 e. The molecule has 0 N–H and O–H groups in total. The summed E-state index contributed by atoms with van der Waals surface area (Å²) in [6, 6.07) is 16.3. The van der Waals surface area contributed by atoms with Crippen LogP contribution in [0, 0.1) is 29.1 Å². The van der Waals surface area contributed by atoms with E-state index in [0.717, 1.165) is 80.1 Å². The van der Waals surface area contributed by atoms with E-state index in [1.165, 1.54) is 12.5 Å². The summed E-state index contributed by atoms with van der Waals surface area (Å²) in [4.78, 5) is 0. The summed E-state index contributed by atoms with van der Waals surface area (Å²) in [5, 5.41) is 0. The van der Waals surface area contributed by atoms with Crippen molar-refractivity contribution in [2.75, 3.05) is 0 Å². The summed E-state index contributed by atoms with van der Waals surface area (Å²) in [5.41, 5.74) is -0.935. The van der Waals surface area contributed by atoms with Crippen LogP contribution in [0.2, 0.25) is 0 Å². The van der Waals surface area contributed by atoms with Gasteiger partial charge in [0.05, 0.1) is 0 Å². The molecule has 0 saturated carbocycles. The van der Waals surface area contributed by atoms with Crippen LogP contribution < -0.4 is 9.47 Å². The van der Waals surface area contributed by atoms with Gasteiger partial charge in [0.2, 0.25) is 0 Å². The highest BCUT2D eigenvalue weighted by Crippen LogP contribution is 2.39. The lowest BCUT2D eigenvalue weighted by atomic mass is 9.99. The van der Waals surface area contributed by atoms with Crippen molar-refractivity contribution in [1.29, 1.82) is 0 Å². The summed E-state index contributed by atoms with van der Waals surface area (Å²) >= 11 is 0. The fourth-order valence-corrected chi connectivity index (χ4v) is 5.60. The maximum absolute atomic E-state index is 15.1. The van der Waals surface area contributed by atoms with E-state index in [1.54, 1.807) is 12.1 Å². The van der Waals surface area contributed by atoms with E-state index in [9.17, 15) is 17.6 Å². The van der Waals surface area contributed by atoms with Gasteiger partial charge >= 0.3 is 12.5 Å². The quantitative estimate of drug-likeness (QED) is 0.0891. The molecule has 0 unspecified atom stereocenters. The van der Waals surface area contributed by atoms with Gasteiger partial charge in [-0.15, -0.1) is 13.2 Å². The van der Waals surface area contributed by atoms with E-state index in [2.05, 4.69) is 16.4 Å². The molecule has 2 nitrogen and oxygen atoms in total. The van der Waals surface area contributed by atoms with Crippen LogP contribution in [0.5, 0.6) is 11.5 Å². The van der Waals surface area contributed by atoms with Gasteiger partial charge in [-0.05, 0) is 83.1 Å². The van der Waals surface area contributed by atoms with Gasteiger partial charge in [0.1, 0.15) is 34.6 Å². The normalized spacial score (nSPS) is 11.9. The van der Waals surface area contributed by atoms with Crippen LogP contribution in [0.4, 0.5) is 43.9 Å². The van der Waals surface area contributed by atoms with E-state index in [1.807, 2.05) is 12.1 Å². The van der Waals surface area contributed by atoms with Gasteiger partial charge < -0.3 is 9.47 Å². The van der Waals surface area contributed by atoms with Crippen molar-refractivity contribution in [3.8, 4) is 44.9 Å². The Morgan fingerprint density at radius 3 is 1.59 bits per heavy atom. The van der Waals surface area contributed by atoms with Gasteiger partial charge in [-0.25, -0.2) is 22.0 Å². The average Bonchev–Trinajstić information content (AvgIpc) is 3.05. The molecule has 0 aliphatic carbocycles. The van der Waals surface area contributed by atoms with Crippen molar-refractivity contribution in [3.63, 3.8) is 0 Å². The Kier molecular flexibility index (Phi) is 11.3. The predicted molar refractivity (Wildman–Crippen MR) is 173 cm³/mol. The van der Waals surface area contributed by atoms with Crippen molar-refractivity contribution in [2.45, 2.75) is 57.9 Å². The molecule has 5 rings (SSSR count). The molecule has 5 aromatic rings. The lowest BCUT2D eigenvalue weighted by molar-refractivity contribution is -0.275. The number of aryl methyl sites for hydroxylation is 1. The topological polar surface area (TPSA) is 18.5 Å². The second kappa shape index (κ2) is 15.5. The molecule has 268 valence electrons. The Morgan fingerprint density at radius 1 is 0.490 bits per heavy atom. The van der Waals surface area contributed by atoms with Gasteiger partial charge in [0, 0.05) is 17.2 Å². The van der Waals surface area contributed by atoms with Crippen LogP contribution in [0.1, 0.15) is 50.2 Å². The van der Waals surface area contributed by atoms with Gasteiger partial charge in [-0.2, -0.15) is 8.78 Å². The Morgan fingerprint density at radius 2 is 1.02 bits per heavy atom. The molecule has 51 heavy (non-hydrogen) atoms. The molecule has 0 atom stereocenters. The zero-order valence-corrected chi connectivity index (χ0v) is 27.0. The molecule has 0 amide bonds. The molecule has 0 heterocycles. The largest absolute Gasteiger partial charge is 0.573 e. The number of rotatable bonds is 13. The minimum Gasteiger partial charge on any atom is -0.429 e. The third-order valence-electron chi connectivity index (χ3n) is 8.12. The zero-order chi connectivity index (χ0) is 36.9. The first-order valence-corrected chi connectivity index (χ1v) is 16.0. The Bertz CT molecular complexity index is 1970. The van der Waals surface area contributed by atoms with Crippen molar-refractivity contribution in [1.82, 2.24) is 0 Å². The van der Waals surface area contributed by atoms with Gasteiger partial charge in [-0.1, -0.05) is 75.1 Å². The van der Waals surface area contributed by atoms with Crippen molar-refractivity contribution >= 4 is 0 Å². The average molecular weight is 721 g/mol. The minimum absolute atomic E-state index is 0.0327. The summed E-state index contributed by atoms with van der Waals surface area (Å²) < 4.78 is 150. The molecule has 12 heteroatoms. The van der Waals surface area contributed by atoms with Crippen molar-refractivity contribution in [2.24, 2.45) is 0 Å². The molecular weight excluding hydrogens is 690 g/mol. The van der Waals surface area contributed by atoms with Crippen LogP contribution in [0.3, 0.4) is 0 Å². The van der Waals surface area contributed by atoms with Crippen LogP contribution in [-0.2, 0) is 12.5 Å². The first kappa shape index (κ1) is 37.3. The molecule has 0 spiro atoms. The standard InChI is InChI=1S/C39H30F10O2/c1-2-3-4-5-6-7-23-8-10-24(11-9-23)27-20-34(43)37(35(44)21-27)38(45,46)50-28-14-16-30(32(41)22-28)25-12-15-29(31(40)18-25)26-13-17-36(33(42)19-26)51-39(47,48)49/h8-22H,2-7H2,1H3. The van der Waals surface area contributed by atoms with Crippen molar-refractivity contribution < 1.29 is 53.4 Å². The molecule has 5 aromatic carbocycles. The zero-order valence-electron chi connectivity index (χ0n) is 27.0. The molecule has 0 fully saturated rings. The van der Waals surface area contributed by atoms with E-state index in [4.69, 9.17) is 0 Å². The van der Waals surface area contributed by atoms with E-state index in [0.29, 0.717) is 23.8 Å². The van der Waals surface area contributed by atoms with Crippen LogP contribution >= 0.6 is 0 Å². The minimum atomic E-state index is -5.14. The maximum Gasteiger partial charge on any atom is 0.573 e. The number of benzene rings is 5. The molecule has 0 aliphatic rings. The number of halogens is 10. The van der Waals surface area contributed by atoms with Crippen LogP contribution in [-0.4, -0.2) is 6.36 Å². The van der Waals surface area contributed by atoms with E-state index in [-0.39, 0.29) is 27.8 Å². The molecule has 0 radical (unpaired) electrons. The number of hydrogen-bond acceptors (Lipinski definition) is 2. The van der Waals surface area contributed by atoms with Gasteiger partial charge in [0.25, 0.3) is 0 Å². The van der Waals surface area contributed by atoms with Crippen LogP contribution in [0.15, 0.2) is 91.0 Å². The summed E-state index contributed by atoms with van der Waals surface area (Å²) in [5.74, 6) is -8.64. The van der Waals surface area contributed by atoms with Crippen LogP contribution in [0.25, 0.3) is 33.4 Å². The summed E-state index contributed by atoms with van der Waals surface area (Å²) in [6.07, 6.45) is -3.32. The van der Waals surface area contributed by atoms with E-state index >= 15 is 26.3 Å². The number of unbranched alkanes of at least 4 members (excludes halogenated alkanes) is 4. The first-order chi connectivity index (χ1) is 24.1. The molecule has 0 bridgehead atoms. The highest BCUT2D eigenvalue weighted by Gasteiger charge is 2.41. The number of alkyl halides is 5. The van der Waals surface area contributed by atoms with Gasteiger partial charge in [0.15, 0.2) is 11.6 Å². The SMILES string of the molecule is CCCCCCCc1ccc(-c2cc(F)c(C(F)(F)Oc3ccc(-c4ccc(-c5ccc(OC(F)(F)F)c(F)c5)c(F)c4)c(F)c3)c(F)c2)cc1. The Labute approximate surface area is 287 Å². The molecule has 0 aromatic heterocycles. The first-order valence-electron chi connectivity index (χ1n) is 16.0. The number of hydrogen-bond donors (Lipinski definition) is 0. The monoisotopic (exact) mass is 720 g/mol. The molecule has 0 aliphatic heterocycles. The number of ether oxygens (including phenoxy) is 2. The predicted octanol–water partition coefficient (Wildman–Crippen LogP) is 12.9. The summed E-state index contributed by atoms with van der Waals surface area (Å²) in [6.45, 7) is 2.13. The van der Waals surface area contributed by atoms with Gasteiger partial charge in [-0.3, -0.25) is 0 Å². The lowest BCUT2D eigenvalue weighted by Gasteiger charge is -2.20. The third-order valence-corrected chi connectivity index (χ3v) is 8.12. The molecule has 0 saturated heterocycles. The Hall–Kier alpha value is -5.00. The lowest BCUT2D eigenvalue weighted by Crippen LogP contribution is -2.25. The molecular formula is C39H30F10O2.